The maximum absolute atomic E-state index is 8.55. The summed E-state index contributed by atoms with van der Waals surface area (Å²) in [4.78, 5) is 25.6. The standard InChI is InChI=1S/3C12H28N.H3O4P/c3*1-5-8-10-12-13(4,7-3)11-9-6-2;1-5(2,3)4/h3*5-12H2,1-4H3;(H3,1,2,3,4)/q3*+1;/p-3. The van der Waals surface area contributed by atoms with Gasteiger partial charge in [0.1, 0.15) is 0 Å². The fraction of sp³-hybridized carbons (Fsp3) is 1.00. The van der Waals surface area contributed by atoms with E-state index >= 15 is 0 Å². The zero-order valence-corrected chi connectivity index (χ0v) is 33.3. The number of nitrogens with zero attached hydrogens (tertiary/aromatic N) is 3. The average molecular weight is 654 g/mol. The third kappa shape index (κ3) is 40.0. The zero-order valence-electron chi connectivity index (χ0n) is 32.4. The van der Waals surface area contributed by atoms with Crippen LogP contribution in [0.3, 0.4) is 0 Å². The van der Waals surface area contributed by atoms with Crippen molar-refractivity contribution >= 4 is 7.82 Å². The van der Waals surface area contributed by atoms with Gasteiger partial charge in [0, 0.05) is 0 Å². The van der Waals surface area contributed by atoms with Crippen molar-refractivity contribution in [3.63, 3.8) is 0 Å². The topological polar surface area (TPSA) is 86.2 Å². The van der Waals surface area contributed by atoms with Gasteiger partial charge in [-0.1, -0.05) is 80.1 Å². The number of phosphoric acid groups is 1. The molecule has 0 fully saturated rings. The molecule has 0 aliphatic rings. The van der Waals surface area contributed by atoms with Gasteiger partial charge >= 0.3 is 0 Å². The Kier molecular flexibility index (Phi) is 38.0. The van der Waals surface area contributed by atoms with Gasteiger partial charge in [0.15, 0.2) is 0 Å². The third-order valence-corrected chi connectivity index (χ3v) is 9.35. The lowest BCUT2D eigenvalue weighted by Crippen LogP contribution is -2.45. The fourth-order valence-electron chi connectivity index (χ4n) is 5.13. The minimum atomic E-state index is -5.39. The summed E-state index contributed by atoms with van der Waals surface area (Å²) in [6, 6.07) is 0. The van der Waals surface area contributed by atoms with E-state index in [0.717, 1.165) is 0 Å². The average Bonchev–Trinajstić information content (AvgIpc) is 2.98. The number of hydrogen-bond donors (Lipinski definition) is 0. The van der Waals surface area contributed by atoms with Crippen LogP contribution in [0.5, 0.6) is 0 Å². The summed E-state index contributed by atoms with van der Waals surface area (Å²) in [7, 11) is 1.84. The van der Waals surface area contributed by atoms with Crippen LogP contribution in [-0.4, -0.2) is 93.5 Å². The zero-order chi connectivity index (χ0) is 35.0. The molecule has 7 nitrogen and oxygen atoms in total. The molecule has 0 saturated heterocycles. The second-order valence-electron chi connectivity index (χ2n) is 13.8. The van der Waals surface area contributed by atoms with Crippen LogP contribution < -0.4 is 14.7 Å². The number of rotatable bonds is 24. The predicted molar refractivity (Wildman–Crippen MR) is 190 cm³/mol. The van der Waals surface area contributed by atoms with Crippen LogP contribution in [0.15, 0.2) is 0 Å². The second kappa shape index (κ2) is 32.9. The molecule has 272 valence electrons. The smallest absolute Gasteiger partial charge is 0.0784 e. The van der Waals surface area contributed by atoms with Crippen LogP contribution in [0.2, 0.25) is 0 Å². The Labute approximate surface area is 278 Å². The first-order valence-electron chi connectivity index (χ1n) is 18.8. The summed E-state index contributed by atoms with van der Waals surface area (Å²) >= 11 is 0. The second-order valence-corrected chi connectivity index (χ2v) is 14.7. The van der Waals surface area contributed by atoms with Crippen molar-refractivity contribution in [3.05, 3.63) is 0 Å². The van der Waals surface area contributed by atoms with Crippen LogP contribution in [0.1, 0.15) is 159 Å². The Bertz CT molecular complexity index is 547. The Morgan fingerprint density at radius 1 is 0.364 bits per heavy atom. The van der Waals surface area contributed by atoms with Crippen LogP contribution in [-0.2, 0) is 4.57 Å². The Balaban J connectivity index is -0.000000253. The van der Waals surface area contributed by atoms with Gasteiger partial charge in [-0.25, -0.2) is 0 Å². The fourth-order valence-corrected chi connectivity index (χ4v) is 5.13. The molecule has 0 bridgehead atoms. The SMILES string of the molecule is CCCCC[N+](C)(CC)CCCC.CCCCC[N+](C)(CC)CCCC.CCCCC[N+](C)(CC)CCCC.O=P([O-])([O-])[O-]. The highest BCUT2D eigenvalue weighted by atomic mass is 31.2. The van der Waals surface area contributed by atoms with Crippen molar-refractivity contribution < 1.29 is 32.7 Å². The highest BCUT2D eigenvalue weighted by Gasteiger charge is 2.18. The number of quaternary nitrogens is 3. The lowest BCUT2D eigenvalue weighted by molar-refractivity contribution is -0.908. The first kappa shape index (κ1) is 50.8. The highest BCUT2D eigenvalue weighted by molar-refractivity contribution is 7.40. The number of unbranched alkanes of at least 4 members (excludes halogenated alkanes) is 9. The molecule has 0 saturated carbocycles. The van der Waals surface area contributed by atoms with Gasteiger partial charge in [-0.15, -0.1) is 0 Å². The summed E-state index contributed by atoms with van der Waals surface area (Å²) in [5, 5.41) is 0. The summed E-state index contributed by atoms with van der Waals surface area (Å²) in [6.45, 7) is 32.8. The molecule has 0 aromatic heterocycles. The molecule has 0 aromatic carbocycles. The molecule has 0 N–H and O–H groups in total. The van der Waals surface area contributed by atoms with Crippen LogP contribution in [0.4, 0.5) is 0 Å². The van der Waals surface area contributed by atoms with E-state index in [4.69, 9.17) is 19.2 Å². The maximum Gasteiger partial charge on any atom is 0.0784 e. The van der Waals surface area contributed by atoms with Gasteiger partial charge in [0.2, 0.25) is 0 Å². The van der Waals surface area contributed by atoms with Gasteiger partial charge in [0.05, 0.1) is 80.0 Å². The van der Waals surface area contributed by atoms with Crippen molar-refractivity contribution in [2.75, 3.05) is 80.0 Å². The molecule has 0 spiro atoms. The van der Waals surface area contributed by atoms with E-state index in [0.29, 0.717) is 0 Å². The molecule has 0 aliphatic carbocycles. The summed E-state index contributed by atoms with van der Waals surface area (Å²) in [6.07, 6.45) is 20.6. The van der Waals surface area contributed by atoms with Crippen LogP contribution in [0.25, 0.3) is 0 Å². The third-order valence-electron chi connectivity index (χ3n) is 9.35. The lowest BCUT2D eigenvalue weighted by atomic mass is 10.2. The lowest BCUT2D eigenvalue weighted by Gasteiger charge is -2.36. The monoisotopic (exact) mass is 654 g/mol. The van der Waals surface area contributed by atoms with E-state index in [1.807, 2.05) is 0 Å². The molecule has 0 rings (SSSR count). The Morgan fingerprint density at radius 3 is 0.659 bits per heavy atom. The quantitative estimate of drug-likeness (QED) is 0.0613. The Morgan fingerprint density at radius 2 is 0.523 bits per heavy atom. The highest BCUT2D eigenvalue weighted by Crippen LogP contribution is 2.11. The van der Waals surface area contributed by atoms with Crippen molar-refractivity contribution in [2.24, 2.45) is 0 Å². The van der Waals surface area contributed by atoms with E-state index < -0.39 is 7.82 Å². The van der Waals surface area contributed by atoms with E-state index in [2.05, 4.69) is 83.5 Å². The van der Waals surface area contributed by atoms with Crippen LogP contribution >= 0.6 is 7.82 Å². The first-order valence-corrected chi connectivity index (χ1v) is 20.2. The van der Waals surface area contributed by atoms with E-state index in [9.17, 15) is 0 Å². The summed E-state index contributed by atoms with van der Waals surface area (Å²) in [5.41, 5.74) is 0. The molecular weight excluding hydrogens is 569 g/mol. The Hall–Kier alpha value is -0.0100. The molecule has 0 radical (unpaired) electrons. The molecule has 0 aliphatic heterocycles. The van der Waals surface area contributed by atoms with Gasteiger partial charge in [0.25, 0.3) is 0 Å². The maximum atomic E-state index is 8.55. The van der Waals surface area contributed by atoms with Crippen molar-refractivity contribution in [1.29, 1.82) is 0 Å². The normalized spacial score (nSPS) is 15.2. The van der Waals surface area contributed by atoms with Crippen molar-refractivity contribution in [3.8, 4) is 0 Å². The molecule has 3 atom stereocenters. The molecule has 0 aromatic rings. The molecule has 8 heteroatoms. The van der Waals surface area contributed by atoms with Gasteiger partial charge in [-0.3, -0.25) is 0 Å². The summed E-state index contributed by atoms with van der Waals surface area (Å²) in [5.74, 6) is 0. The minimum Gasteiger partial charge on any atom is -0.822 e. The van der Waals surface area contributed by atoms with E-state index in [1.165, 1.54) is 169 Å². The molecule has 44 heavy (non-hydrogen) atoms. The number of hydrogen-bond acceptors (Lipinski definition) is 4. The van der Waals surface area contributed by atoms with Crippen molar-refractivity contribution in [1.82, 2.24) is 0 Å². The van der Waals surface area contributed by atoms with E-state index in [-0.39, 0.29) is 0 Å². The molecular formula is C36H84N3O4P. The van der Waals surface area contributed by atoms with Gasteiger partial charge < -0.3 is 32.7 Å². The molecule has 0 amide bonds. The first-order chi connectivity index (χ1) is 20.5. The van der Waals surface area contributed by atoms with Gasteiger partial charge in [-0.05, 0) is 78.6 Å². The largest absolute Gasteiger partial charge is 0.822 e. The van der Waals surface area contributed by atoms with Crippen LogP contribution in [0, 0.1) is 0 Å². The molecule has 0 heterocycles. The summed E-state index contributed by atoms with van der Waals surface area (Å²) < 4.78 is 12.4. The predicted octanol–water partition coefficient (Wildman–Crippen LogP) is 7.51. The van der Waals surface area contributed by atoms with E-state index in [1.54, 1.807) is 0 Å². The van der Waals surface area contributed by atoms with Gasteiger partial charge in [-0.2, -0.15) is 7.82 Å². The van der Waals surface area contributed by atoms with Crippen molar-refractivity contribution in [2.45, 2.75) is 159 Å². The minimum absolute atomic E-state index is 1.29. The molecule has 3 unspecified atom stereocenters.